The molecule has 2 aromatic carbocycles. The molecule has 1 fully saturated rings. The predicted octanol–water partition coefficient (Wildman–Crippen LogP) is 5.18. The van der Waals surface area contributed by atoms with E-state index in [1.807, 2.05) is 43.6 Å². The number of Topliss-reactive ketones (excluding diaryl/α,β-unsaturated/α-hetero) is 1. The van der Waals surface area contributed by atoms with E-state index in [1.165, 1.54) is 37.7 Å². The molecule has 0 heterocycles. The summed E-state index contributed by atoms with van der Waals surface area (Å²) in [4.78, 5) is 12.9. The molecule has 136 valence electrons. The third-order valence-corrected chi connectivity index (χ3v) is 5.28. The molecule has 0 unspecified atom stereocenters. The minimum atomic E-state index is 0.153. The monoisotopic (exact) mass is 347 g/mol. The van der Waals surface area contributed by atoms with Crippen molar-refractivity contribution >= 4 is 11.4 Å². The lowest BCUT2D eigenvalue weighted by Gasteiger charge is -2.21. The molecule has 0 bridgehead atoms. The van der Waals surface area contributed by atoms with Gasteiger partial charge < -0.3 is 5.32 Å². The van der Waals surface area contributed by atoms with E-state index in [4.69, 9.17) is 0 Å². The van der Waals surface area contributed by atoms with E-state index in [1.54, 1.807) is 0 Å². The molecule has 1 N–H and O–H groups in total. The zero-order valence-corrected chi connectivity index (χ0v) is 15.7. The third kappa shape index (κ3) is 5.08. The Kier molecular flexibility index (Phi) is 6.65. The summed E-state index contributed by atoms with van der Waals surface area (Å²) >= 11 is 0. The Balaban J connectivity index is 1.76. The van der Waals surface area contributed by atoms with Gasteiger partial charge in [-0.2, -0.15) is 0 Å². The maximum atomic E-state index is 12.9. The number of hydrogen-bond acceptors (Lipinski definition) is 2. The maximum Gasteiger partial charge on any atom is 0.169 e. The number of ketones is 1. The lowest BCUT2D eigenvalue weighted by molar-refractivity contribution is -0.113. The fraction of sp³-hybridized carbons (Fsp3) is 0.375. The molecular weight excluding hydrogens is 318 g/mol. The van der Waals surface area contributed by atoms with Crippen LogP contribution in [0.25, 0.3) is 5.57 Å². The molecule has 26 heavy (non-hydrogen) atoms. The highest BCUT2D eigenvalue weighted by Crippen LogP contribution is 2.28. The predicted molar refractivity (Wildman–Crippen MR) is 109 cm³/mol. The summed E-state index contributed by atoms with van der Waals surface area (Å²) in [5.74, 6) is 0.955. The van der Waals surface area contributed by atoms with E-state index in [0.29, 0.717) is 6.42 Å². The van der Waals surface area contributed by atoms with E-state index in [-0.39, 0.29) is 5.78 Å². The Labute approximate surface area is 157 Å². The third-order valence-electron chi connectivity index (χ3n) is 5.28. The number of rotatable bonds is 7. The molecule has 1 saturated carbocycles. The van der Waals surface area contributed by atoms with Gasteiger partial charge in [0.25, 0.3) is 0 Å². The van der Waals surface area contributed by atoms with Gasteiger partial charge in [-0.05, 0) is 29.0 Å². The molecule has 0 spiro atoms. The van der Waals surface area contributed by atoms with Crippen LogP contribution >= 0.6 is 0 Å². The van der Waals surface area contributed by atoms with E-state index >= 15 is 0 Å². The Hall–Kier alpha value is -2.35. The minimum absolute atomic E-state index is 0.153. The molecule has 0 atom stereocenters. The Morgan fingerprint density at radius 3 is 2.46 bits per heavy atom. The lowest BCUT2D eigenvalue weighted by atomic mass is 9.84. The highest BCUT2D eigenvalue weighted by atomic mass is 16.1. The number of nitrogens with one attached hydrogen (secondary N) is 1. The normalized spacial score (nSPS) is 15.7. The van der Waals surface area contributed by atoms with Crippen LogP contribution in [-0.4, -0.2) is 12.8 Å². The summed E-state index contributed by atoms with van der Waals surface area (Å²) in [5, 5.41) is 3.05. The Morgan fingerprint density at radius 2 is 1.73 bits per heavy atom. The van der Waals surface area contributed by atoms with Gasteiger partial charge in [0.2, 0.25) is 0 Å². The average Bonchev–Trinajstić information content (AvgIpc) is 2.68. The van der Waals surface area contributed by atoms with Crippen molar-refractivity contribution in [3.63, 3.8) is 0 Å². The van der Waals surface area contributed by atoms with Gasteiger partial charge in [-0.25, -0.2) is 0 Å². The van der Waals surface area contributed by atoms with Crippen LogP contribution in [-0.2, 0) is 17.6 Å². The second-order valence-corrected chi connectivity index (χ2v) is 7.34. The van der Waals surface area contributed by atoms with Gasteiger partial charge in [-0.3, -0.25) is 4.79 Å². The molecule has 0 aromatic heterocycles. The summed E-state index contributed by atoms with van der Waals surface area (Å²) in [6, 6.07) is 18.5. The van der Waals surface area contributed by atoms with Gasteiger partial charge >= 0.3 is 0 Å². The first kappa shape index (κ1) is 18.4. The first-order valence-electron chi connectivity index (χ1n) is 9.80. The number of carbonyl (C=O) groups is 1. The van der Waals surface area contributed by atoms with Crippen molar-refractivity contribution in [3.8, 4) is 0 Å². The van der Waals surface area contributed by atoms with Crippen LogP contribution in [0.3, 0.4) is 0 Å². The quantitative estimate of drug-likeness (QED) is 0.699. The molecule has 1 aliphatic rings. The minimum Gasteiger partial charge on any atom is -0.393 e. The van der Waals surface area contributed by atoms with Crippen LogP contribution in [0.5, 0.6) is 0 Å². The lowest BCUT2D eigenvalue weighted by Crippen LogP contribution is -2.11. The highest BCUT2D eigenvalue weighted by Gasteiger charge is 2.16. The van der Waals surface area contributed by atoms with Crippen molar-refractivity contribution < 1.29 is 4.79 Å². The summed E-state index contributed by atoms with van der Waals surface area (Å²) in [5.41, 5.74) is 4.19. The van der Waals surface area contributed by atoms with Gasteiger partial charge in [0.1, 0.15) is 0 Å². The van der Waals surface area contributed by atoms with E-state index < -0.39 is 0 Å². The largest absolute Gasteiger partial charge is 0.393 e. The Morgan fingerprint density at radius 1 is 1.00 bits per heavy atom. The summed E-state index contributed by atoms with van der Waals surface area (Å²) in [6.07, 6.45) is 10.2. The van der Waals surface area contributed by atoms with E-state index in [0.717, 1.165) is 29.0 Å². The van der Waals surface area contributed by atoms with E-state index in [9.17, 15) is 4.79 Å². The first-order valence-corrected chi connectivity index (χ1v) is 9.80. The van der Waals surface area contributed by atoms with Gasteiger partial charge in [0.05, 0.1) is 0 Å². The standard InChI is InChI=1S/C24H29NO/c1-25-18-23(24(26)17-20-11-6-3-7-12-20)22-14-8-13-21(16-22)15-19-9-4-2-5-10-19/h3,6-8,11-14,16,18-19,25H,2,4-5,9-10,15,17H2,1H3. The Bertz CT molecular complexity index is 742. The van der Waals surface area contributed by atoms with Gasteiger partial charge in [-0.15, -0.1) is 0 Å². The zero-order valence-electron chi connectivity index (χ0n) is 15.7. The van der Waals surface area contributed by atoms with Crippen LogP contribution in [0.4, 0.5) is 0 Å². The molecule has 0 amide bonds. The van der Waals surface area contributed by atoms with Crippen LogP contribution in [0.1, 0.15) is 48.8 Å². The fourth-order valence-corrected chi connectivity index (χ4v) is 3.94. The van der Waals surface area contributed by atoms with E-state index in [2.05, 4.69) is 29.6 Å². The van der Waals surface area contributed by atoms with Crippen molar-refractivity contribution in [2.45, 2.75) is 44.9 Å². The molecule has 0 radical (unpaired) electrons. The summed E-state index contributed by atoms with van der Waals surface area (Å²) < 4.78 is 0. The van der Waals surface area contributed by atoms with Crippen molar-refractivity contribution in [2.24, 2.45) is 5.92 Å². The fourth-order valence-electron chi connectivity index (χ4n) is 3.94. The maximum absolute atomic E-state index is 12.9. The summed E-state index contributed by atoms with van der Waals surface area (Å²) in [7, 11) is 1.85. The van der Waals surface area contributed by atoms with Gasteiger partial charge in [-0.1, -0.05) is 86.7 Å². The highest BCUT2D eigenvalue weighted by molar-refractivity contribution is 6.21. The molecule has 3 rings (SSSR count). The number of allylic oxidation sites excluding steroid dienone is 1. The van der Waals surface area contributed by atoms with Crippen LogP contribution < -0.4 is 5.32 Å². The van der Waals surface area contributed by atoms with Crippen LogP contribution in [0.15, 0.2) is 60.8 Å². The van der Waals surface area contributed by atoms with Gasteiger partial charge in [0.15, 0.2) is 5.78 Å². The first-order chi connectivity index (χ1) is 12.8. The molecule has 2 nitrogen and oxygen atoms in total. The molecule has 0 saturated heterocycles. The molecule has 1 aliphatic carbocycles. The molecule has 0 aliphatic heterocycles. The SMILES string of the molecule is CNC=C(C(=O)Cc1ccccc1)c1cccc(CC2CCCCC2)c1. The topological polar surface area (TPSA) is 29.1 Å². The second-order valence-electron chi connectivity index (χ2n) is 7.34. The van der Waals surface area contributed by atoms with Crippen LogP contribution in [0.2, 0.25) is 0 Å². The van der Waals surface area contributed by atoms with Crippen molar-refractivity contribution in [3.05, 3.63) is 77.5 Å². The van der Waals surface area contributed by atoms with Crippen molar-refractivity contribution in [1.29, 1.82) is 0 Å². The van der Waals surface area contributed by atoms with Crippen molar-refractivity contribution in [1.82, 2.24) is 5.32 Å². The van der Waals surface area contributed by atoms with Gasteiger partial charge in [0, 0.05) is 25.2 Å². The average molecular weight is 348 g/mol. The number of carbonyl (C=O) groups excluding carboxylic acids is 1. The molecular formula is C24H29NO. The zero-order chi connectivity index (χ0) is 18.2. The van der Waals surface area contributed by atoms with Crippen LogP contribution in [0, 0.1) is 5.92 Å². The molecule has 2 heteroatoms. The molecule has 2 aromatic rings. The number of hydrogen-bond donors (Lipinski definition) is 1. The second kappa shape index (κ2) is 9.38. The number of benzene rings is 2. The smallest absolute Gasteiger partial charge is 0.169 e. The summed E-state index contributed by atoms with van der Waals surface area (Å²) in [6.45, 7) is 0. The van der Waals surface area contributed by atoms with Crippen molar-refractivity contribution in [2.75, 3.05) is 7.05 Å².